The van der Waals surface area contributed by atoms with Gasteiger partial charge in [-0.1, -0.05) is 69.2 Å². The molecule has 0 N–H and O–H groups in total. The van der Waals surface area contributed by atoms with Crippen LogP contribution in [-0.2, 0) is 10.2 Å². The summed E-state index contributed by atoms with van der Waals surface area (Å²) in [5, 5.41) is 0. The van der Waals surface area contributed by atoms with E-state index in [-0.39, 0.29) is 11.5 Å². The molecule has 26 heavy (non-hydrogen) atoms. The molecule has 0 saturated carbocycles. The molecule has 3 rings (SSSR count). The molecule has 0 aliphatic carbocycles. The maximum absolute atomic E-state index is 12.0. The van der Waals surface area contributed by atoms with Crippen LogP contribution in [0.1, 0.15) is 37.5 Å². The van der Waals surface area contributed by atoms with E-state index in [2.05, 4.69) is 56.9 Å². The van der Waals surface area contributed by atoms with Gasteiger partial charge in [0.25, 0.3) is 0 Å². The Morgan fingerprint density at radius 1 is 1.08 bits per heavy atom. The topological polar surface area (TPSA) is 29.5 Å². The lowest BCUT2D eigenvalue weighted by atomic mass is 9.86. The van der Waals surface area contributed by atoms with Gasteiger partial charge in [0.05, 0.1) is 12.2 Å². The number of hydrogen-bond acceptors (Lipinski definition) is 2. The van der Waals surface area contributed by atoms with Crippen molar-refractivity contribution in [3.63, 3.8) is 0 Å². The molecule has 2 aromatic carbocycles. The molecule has 0 radical (unpaired) electrons. The third kappa shape index (κ3) is 4.34. The number of allylic oxidation sites excluding steroid dienone is 1. The molecule has 0 unspecified atom stereocenters. The summed E-state index contributed by atoms with van der Waals surface area (Å²) < 4.78 is 5.08. The van der Waals surface area contributed by atoms with Gasteiger partial charge >= 0.3 is 6.09 Å². The smallest absolute Gasteiger partial charge is 0.414 e. The molecule has 3 nitrogen and oxygen atoms in total. The van der Waals surface area contributed by atoms with Gasteiger partial charge in [0, 0.05) is 5.56 Å². The first-order valence-electron chi connectivity index (χ1n) is 8.77. The van der Waals surface area contributed by atoms with Gasteiger partial charge < -0.3 is 4.74 Å². The highest BCUT2D eigenvalue weighted by molar-refractivity contribution is 5.76. The second kappa shape index (κ2) is 7.49. The molecule has 1 aliphatic rings. The van der Waals surface area contributed by atoms with Crippen molar-refractivity contribution in [1.82, 2.24) is 4.90 Å². The summed E-state index contributed by atoms with van der Waals surface area (Å²) in [6.07, 6.45) is 1.60. The van der Waals surface area contributed by atoms with E-state index in [9.17, 15) is 4.79 Å². The van der Waals surface area contributed by atoms with E-state index in [4.69, 9.17) is 4.74 Å². The molecule has 1 aliphatic heterocycles. The minimum Gasteiger partial charge on any atom is -0.447 e. The number of carbonyl (C=O) groups excluding carboxylic acids is 1. The van der Waals surface area contributed by atoms with Crippen LogP contribution in [0.25, 0.3) is 6.08 Å². The van der Waals surface area contributed by atoms with Crippen molar-refractivity contribution >= 4 is 12.2 Å². The molecule has 0 aromatic heterocycles. The highest BCUT2D eigenvalue weighted by atomic mass is 16.6. The number of benzene rings is 2. The first-order chi connectivity index (χ1) is 12.4. The Kier molecular flexibility index (Phi) is 5.14. The number of ether oxygens (including phenoxy) is 1. The molecule has 1 amide bonds. The Labute approximate surface area is 155 Å². The zero-order valence-corrected chi connectivity index (χ0v) is 15.5. The van der Waals surface area contributed by atoms with E-state index < -0.39 is 0 Å². The average Bonchev–Trinajstić information content (AvgIpc) is 3.05. The molecule has 0 bridgehead atoms. The summed E-state index contributed by atoms with van der Waals surface area (Å²) >= 11 is 0. The number of carbonyl (C=O) groups is 1. The highest BCUT2D eigenvalue weighted by Crippen LogP contribution is 2.23. The quantitative estimate of drug-likeness (QED) is 0.730. The summed E-state index contributed by atoms with van der Waals surface area (Å²) in [5.74, 6) is 6.27. The van der Waals surface area contributed by atoms with Crippen LogP contribution < -0.4 is 0 Å². The van der Waals surface area contributed by atoms with Gasteiger partial charge in [-0.15, -0.1) is 0 Å². The molecule has 3 heteroatoms. The lowest BCUT2D eigenvalue weighted by molar-refractivity contribution is 0.165. The van der Waals surface area contributed by atoms with Crippen molar-refractivity contribution in [2.24, 2.45) is 0 Å². The SMILES string of the molecule is CC(C)(C)c1ccc(/C=C(/C#Cc2ccccc2)N2CCOC2=O)cc1. The normalized spacial score (nSPS) is 14.7. The fourth-order valence-corrected chi connectivity index (χ4v) is 2.69. The van der Waals surface area contributed by atoms with Crippen LogP contribution in [0.4, 0.5) is 4.79 Å². The van der Waals surface area contributed by atoms with Crippen molar-refractivity contribution in [3.8, 4) is 11.8 Å². The third-order valence-electron chi connectivity index (χ3n) is 4.24. The number of cyclic esters (lactones) is 1. The third-order valence-corrected chi connectivity index (χ3v) is 4.24. The van der Waals surface area contributed by atoms with Gasteiger partial charge in [-0.3, -0.25) is 4.90 Å². The summed E-state index contributed by atoms with van der Waals surface area (Å²) in [6.45, 7) is 7.49. The van der Waals surface area contributed by atoms with Gasteiger partial charge in [-0.2, -0.15) is 0 Å². The largest absolute Gasteiger partial charge is 0.447 e. The molecule has 2 aromatic rings. The lowest BCUT2D eigenvalue weighted by Crippen LogP contribution is -2.22. The number of amides is 1. The zero-order valence-electron chi connectivity index (χ0n) is 15.5. The molecule has 0 spiro atoms. The van der Waals surface area contributed by atoms with Gasteiger partial charge in [0.15, 0.2) is 0 Å². The van der Waals surface area contributed by atoms with E-state index in [1.165, 1.54) is 5.56 Å². The molecule has 1 fully saturated rings. The molecular weight excluding hydrogens is 322 g/mol. The minimum absolute atomic E-state index is 0.108. The number of nitrogens with zero attached hydrogens (tertiary/aromatic N) is 1. The van der Waals surface area contributed by atoms with E-state index in [1.54, 1.807) is 4.90 Å². The Bertz CT molecular complexity index is 862. The van der Waals surface area contributed by atoms with Crippen LogP contribution in [0.5, 0.6) is 0 Å². The van der Waals surface area contributed by atoms with Crippen LogP contribution in [0.2, 0.25) is 0 Å². The van der Waals surface area contributed by atoms with E-state index in [0.29, 0.717) is 18.8 Å². The van der Waals surface area contributed by atoms with E-state index in [1.807, 2.05) is 36.4 Å². The van der Waals surface area contributed by atoms with Crippen LogP contribution in [0.15, 0.2) is 60.3 Å². The highest BCUT2D eigenvalue weighted by Gasteiger charge is 2.24. The molecule has 1 saturated heterocycles. The van der Waals surface area contributed by atoms with Crippen LogP contribution in [-0.4, -0.2) is 24.1 Å². The van der Waals surface area contributed by atoms with Crippen molar-refractivity contribution in [1.29, 1.82) is 0 Å². The first kappa shape index (κ1) is 17.8. The summed E-state index contributed by atoms with van der Waals surface area (Å²) in [4.78, 5) is 13.6. The van der Waals surface area contributed by atoms with Crippen LogP contribution >= 0.6 is 0 Å². The van der Waals surface area contributed by atoms with Gasteiger partial charge in [-0.25, -0.2) is 4.79 Å². The van der Waals surface area contributed by atoms with Crippen molar-refractivity contribution in [3.05, 3.63) is 77.0 Å². The van der Waals surface area contributed by atoms with E-state index in [0.717, 1.165) is 11.1 Å². The Hall–Kier alpha value is -2.99. The Balaban J connectivity index is 1.94. The zero-order chi connectivity index (χ0) is 18.6. The minimum atomic E-state index is -0.343. The standard InChI is InChI=1S/C23H23NO2/c1-23(2,3)20-12-9-19(10-13-20)17-21(24-15-16-26-22(24)25)14-11-18-7-5-4-6-8-18/h4-10,12-13,17H,15-16H2,1-3H3/b21-17-. The first-order valence-corrected chi connectivity index (χ1v) is 8.77. The van der Waals surface area contributed by atoms with Gasteiger partial charge in [-0.05, 0) is 40.7 Å². The predicted octanol–water partition coefficient (Wildman–Crippen LogP) is 4.83. The van der Waals surface area contributed by atoms with Crippen LogP contribution in [0.3, 0.4) is 0 Å². The van der Waals surface area contributed by atoms with Gasteiger partial charge in [0.2, 0.25) is 0 Å². The predicted molar refractivity (Wildman–Crippen MR) is 104 cm³/mol. The molecule has 1 heterocycles. The summed E-state index contributed by atoms with van der Waals surface area (Å²) in [6, 6.07) is 18.1. The number of hydrogen-bond donors (Lipinski definition) is 0. The lowest BCUT2D eigenvalue weighted by Gasteiger charge is -2.19. The van der Waals surface area contributed by atoms with Crippen molar-refractivity contribution in [2.75, 3.05) is 13.2 Å². The average molecular weight is 345 g/mol. The maximum Gasteiger partial charge on any atom is 0.414 e. The molecule has 0 atom stereocenters. The second-order valence-corrected chi connectivity index (χ2v) is 7.28. The fourth-order valence-electron chi connectivity index (χ4n) is 2.69. The van der Waals surface area contributed by atoms with Crippen molar-refractivity contribution in [2.45, 2.75) is 26.2 Å². The molecular formula is C23H23NO2. The van der Waals surface area contributed by atoms with Crippen molar-refractivity contribution < 1.29 is 9.53 Å². The maximum atomic E-state index is 12.0. The Morgan fingerprint density at radius 3 is 2.35 bits per heavy atom. The summed E-state index contributed by atoms with van der Waals surface area (Å²) in [5.41, 5.74) is 3.95. The van der Waals surface area contributed by atoms with Crippen LogP contribution in [0, 0.1) is 11.8 Å². The Morgan fingerprint density at radius 2 is 1.77 bits per heavy atom. The summed E-state index contributed by atoms with van der Waals surface area (Å²) in [7, 11) is 0. The fraction of sp³-hybridized carbons (Fsp3) is 0.261. The van der Waals surface area contributed by atoms with E-state index >= 15 is 0 Å². The van der Waals surface area contributed by atoms with Gasteiger partial charge in [0.1, 0.15) is 6.61 Å². The molecule has 132 valence electrons. The monoisotopic (exact) mass is 345 g/mol. The second-order valence-electron chi connectivity index (χ2n) is 7.28. The number of rotatable bonds is 2.